The number of nitrogens with zero attached hydrogens (tertiary/aromatic N) is 1. The number of hydrogen-bond donors (Lipinski definition) is 2. The molecule has 0 amide bonds. The molecule has 2 fully saturated rings. The van der Waals surface area contributed by atoms with Crippen LogP contribution in [0, 0.1) is 5.92 Å². The molecule has 0 aromatic heterocycles. The topological polar surface area (TPSA) is 43.7 Å². The number of β-amino-alcohol motifs (C(OH)–C–C–N with tert-alkyl or cyclic N) is 1. The molecule has 0 aromatic rings. The Bertz CT molecular complexity index is 285. The van der Waals surface area contributed by atoms with E-state index in [1.165, 1.54) is 0 Å². The minimum atomic E-state index is -2.32. The third-order valence-electron chi connectivity index (χ3n) is 4.68. The molecule has 1 spiro atoms. The Kier molecular flexibility index (Phi) is 5.15. The van der Waals surface area contributed by atoms with E-state index in [1.54, 1.807) is 0 Å². The van der Waals surface area contributed by atoms with Crippen LogP contribution >= 0.6 is 0 Å². The smallest absolute Gasteiger partial charge is 0.243 e. The van der Waals surface area contributed by atoms with Crippen molar-refractivity contribution in [1.82, 2.24) is 4.90 Å². The first-order valence-corrected chi connectivity index (χ1v) is 7.42. The molecular weight excluding hydrogens is 252 g/mol. The summed E-state index contributed by atoms with van der Waals surface area (Å²) in [5, 5.41) is 18.5. The molecule has 2 N–H and O–H groups in total. The van der Waals surface area contributed by atoms with Crippen LogP contribution in [0.2, 0.25) is 0 Å². The van der Waals surface area contributed by atoms with Crippen LogP contribution in [-0.2, 0) is 0 Å². The van der Waals surface area contributed by atoms with Gasteiger partial charge in [-0.3, -0.25) is 4.90 Å². The van der Waals surface area contributed by atoms with Crippen molar-refractivity contribution in [3.8, 4) is 0 Å². The van der Waals surface area contributed by atoms with Crippen LogP contribution in [-0.4, -0.2) is 52.9 Å². The Labute approximate surface area is 113 Å². The molecule has 0 radical (unpaired) electrons. The van der Waals surface area contributed by atoms with Crippen LogP contribution in [0.3, 0.4) is 0 Å². The van der Waals surface area contributed by atoms with Gasteiger partial charge >= 0.3 is 0 Å². The van der Waals surface area contributed by atoms with Gasteiger partial charge in [-0.05, 0) is 38.6 Å². The number of halogens is 2. The number of likely N-dealkylation sites (tertiary alicyclic amines) is 1. The van der Waals surface area contributed by atoms with Crippen molar-refractivity contribution in [1.29, 1.82) is 0 Å². The Morgan fingerprint density at radius 3 is 2.42 bits per heavy atom. The maximum atomic E-state index is 13.1. The number of piperidine rings is 1. The van der Waals surface area contributed by atoms with Crippen molar-refractivity contribution in [2.75, 3.05) is 19.7 Å². The van der Waals surface area contributed by atoms with Crippen LogP contribution in [0.25, 0.3) is 0 Å². The van der Waals surface area contributed by atoms with E-state index in [1.807, 2.05) is 0 Å². The fourth-order valence-corrected chi connectivity index (χ4v) is 3.49. The molecule has 1 saturated heterocycles. The Hall–Kier alpha value is -0.260. The average Bonchev–Trinajstić information content (AvgIpc) is 3.14. The molecule has 0 bridgehead atoms. The van der Waals surface area contributed by atoms with E-state index in [4.69, 9.17) is 5.11 Å². The molecule has 2 rings (SSSR count). The summed E-state index contributed by atoms with van der Waals surface area (Å²) in [7, 11) is 0. The highest BCUT2D eigenvalue weighted by Crippen LogP contribution is 2.53. The predicted molar refractivity (Wildman–Crippen MR) is 69.2 cm³/mol. The maximum Gasteiger partial charge on any atom is 0.243 e. The zero-order chi connectivity index (χ0) is 13.9. The van der Waals surface area contributed by atoms with E-state index in [9.17, 15) is 13.9 Å². The van der Waals surface area contributed by atoms with Crippen LogP contribution in [0.5, 0.6) is 0 Å². The van der Waals surface area contributed by atoms with Gasteiger partial charge in [-0.25, -0.2) is 8.78 Å². The molecule has 3 nitrogen and oxygen atoms in total. The van der Waals surface area contributed by atoms with Crippen molar-refractivity contribution in [3.05, 3.63) is 0 Å². The number of aliphatic hydroxyl groups excluding tert-OH is 2. The van der Waals surface area contributed by atoms with Gasteiger partial charge in [0.2, 0.25) is 6.43 Å². The quantitative estimate of drug-likeness (QED) is 0.700. The van der Waals surface area contributed by atoms with Gasteiger partial charge in [0.1, 0.15) is 0 Å². The van der Waals surface area contributed by atoms with Gasteiger partial charge in [-0.15, -0.1) is 0 Å². The Balaban J connectivity index is 1.84. The molecule has 2 atom stereocenters. The first-order valence-electron chi connectivity index (χ1n) is 7.42. The largest absolute Gasteiger partial charge is 0.396 e. The number of hydrogen-bond acceptors (Lipinski definition) is 3. The molecule has 0 aromatic carbocycles. The standard InChI is InChI=1S/C14H25F2NO2/c15-13(16)12-9-11(19)10-17(14(12)5-6-14)7-3-1-2-4-8-18/h11-13,18-19H,1-10H2. The zero-order valence-electron chi connectivity index (χ0n) is 11.4. The average molecular weight is 277 g/mol. The lowest BCUT2D eigenvalue weighted by atomic mass is 9.85. The van der Waals surface area contributed by atoms with Crippen molar-refractivity contribution in [2.24, 2.45) is 5.92 Å². The first kappa shape index (κ1) is 15.1. The third kappa shape index (κ3) is 3.44. The van der Waals surface area contributed by atoms with Crippen LogP contribution < -0.4 is 0 Å². The monoisotopic (exact) mass is 277 g/mol. The summed E-state index contributed by atoms with van der Waals surface area (Å²) < 4.78 is 26.3. The summed E-state index contributed by atoms with van der Waals surface area (Å²) in [5.41, 5.74) is -0.315. The van der Waals surface area contributed by atoms with Crippen LogP contribution in [0.4, 0.5) is 8.78 Å². The molecule has 19 heavy (non-hydrogen) atoms. The highest BCUT2D eigenvalue weighted by Gasteiger charge is 2.59. The molecule has 5 heteroatoms. The van der Waals surface area contributed by atoms with Crippen LogP contribution in [0.15, 0.2) is 0 Å². The second kappa shape index (κ2) is 6.46. The van der Waals surface area contributed by atoms with Gasteiger partial charge in [-0.1, -0.05) is 12.8 Å². The summed E-state index contributed by atoms with van der Waals surface area (Å²) in [6, 6.07) is 0. The lowest BCUT2D eigenvalue weighted by Gasteiger charge is -2.44. The molecule has 1 heterocycles. The second-order valence-electron chi connectivity index (χ2n) is 6.02. The van der Waals surface area contributed by atoms with E-state index in [0.29, 0.717) is 6.54 Å². The van der Waals surface area contributed by atoms with Gasteiger partial charge in [0.05, 0.1) is 6.10 Å². The number of alkyl halides is 2. The van der Waals surface area contributed by atoms with Crippen molar-refractivity contribution in [2.45, 2.75) is 63.0 Å². The summed E-state index contributed by atoms with van der Waals surface area (Å²) in [6.45, 7) is 1.56. The van der Waals surface area contributed by atoms with Gasteiger partial charge in [-0.2, -0.15) is 0 Å². The van der Waals surface area contributed by atoms with E-state index >= 15 is 0 Å². The van der Waals surface area contributed by atoms with Crippen LogP contribution in [0.1, 0.15) is 44.9 Å². The molecular formula is C14H25F2NO2. The van der Waals surface area contributed by atoms with E-state index < -0.39 is 18.4 Å². The number of unbranched alkanes of at least 4 members (excludes halogenated alkanes) is 3. The second-order valence-corrected chi connectivity index (χ2v) is 6.02. The van der Waals surface area contributed by atoms with Crippen molar-refractivity contribution < 1.29 is 19.0 Å². The van der Waals surface area contributed by atoms with Gasteiger partial charge in [0.15, 0.2) is 0 Å². The summed E-state index contributed by atoms with van der Waals surface area (Å²) >= 11 is 0. The molecule has 2 aliphatic rings. The molecule has 1 saturated carbocycles. The SMILES string of the molecule is OCCCCCCN1CC(O)CC(C(F)F)C12CC2. The summed E-state index contributed by atoms with van der Waals surface area (Å²) in [6.07, 6.45) is 2.80. The van der Waals surface area contributed by atoms with Crippen molar-refractivity contribution in [3.63, 3.8) is 0 Å². The zero-order valence-corrected chi connectivity index (χ0v) is 11.4. The van der Waals surface area contributed by atoms with E-state index in [-0.39, 0.29) is 18.6 Å². The highest BCUT2D eigenvalue weighted by atomic mass is 19.3. The molecule has 1 aliphatic carbocycles. The molecule has 112 valence electrons. The van der Waals surface area contributed by atoms with E-state index in [0.717, 1.165) is 45.1 Å². The lowest BCUT2D eigenvalue weighted by molar-refractivity contribution is -0.0739. The highest BCUT2D eigenvalue weighted by molar-refractivity contribution is 5.12. The number of rotatable bonds is 7. The maximum absolute atomic E-state index is 13.1. The minimum Gasteiger partial charge on any atom is -0.396 e. The van der Waals surface area contributed by atoms with Gasteiger partial charge < -0.3 is 10.2 Å². The molecule has 1 aliphatic heterocycles. The van der Waals surface area contributed by atoms with Crippen molar-refractivity contribution >= 4 is 0 Å². The van der Waals surface area contributed by atoms with E-state index in [2.05, 4.69) is 4.90 Å². The Morgan fingerprint density at radius 2 is 1.84 bits per heavy atom. The Morgan fingerprint density at radius 1 is 1.16 bits per heavy atom. The fourth-order valence-electron chi connectivity index (χ4n) is 3.49. The number of aliphatic hydroxyl groups is 2. The normalized spacial score (nSPS) is 30.2. The first-order chi connectivity index (χ1) is 9.10. The molecule has 2 unspecified atom stereocenters. The third-order valence-corrected chi connectivity index (χ3v) is 4.68. The summed E-state index contributed by atoms with van der Waals surface area (Å²) in [4.78, 5) is 2.11. The predicted octanol–water partition coefficient (Wildman–Crippen LogP) is 2.02. The fraction of sp³-hybridized carbons (Fsp3) is 1.00. The minimum absolute atomic E-state index is 0.222. The van der Waals surface area contributed by atoms with Gasteiger partial charge in [0.25, 0.3) is 0 Å². The summed E-state index contributed by atoms with van der Waals surface area (Å²) in [5.74, 6) is -0.659. The lowest BCUT2D eigenvalue weighted by Crippen LogP contribution is -2.54. The van der Waals surface area contributed by atoms with Gasteiger partial charge in [0, 0.05) is 24.6 Å².